The molecule has 1 amide bonds. The van der Waals surface area contributed by atoms with Gasteiger partial charge in [-0.15, -0.1) is 0 Å². The lowest BCUT2D eigenvalue weighted by Gasteiger charge is -2.34. The van der Waals surface area contributed by atoms with Crippen LogP contribution in [0.1, 0.15) is 23.2 Å². The number of anilines is 1. The molecule has 3 aromatic rings. The number of aromatic nitrogens is 2. The molecule has 1 N–H and O–H groups in total. The first kappa shape index (κ1) is 18.2. The van der Waals surface area contributed by atoms with E-state index in [1.165, 1.54) is 6.07 Å². The Kier molecular flexibility index (Phi) is 5.10. The van der Waals surface area contributed by atoms with E-state index in [4.69, 9.17) is 0 Å². The highest BCUT2D eigenvalue weighted by Gasteiger charge is 2.23. The summed E-state index contributed by atoms with van der Waals surface area (Å²) in [6, 6.07) is 14.4. The van der Waals surface area contributed by atoms with Crippen LogP contribution in [-0.4, -0.2) is 34.6 Å². The number of rotatable bonds is 4. The first-order chi connectivity index (χ1) is 13.6. The fourth-order valence-corrected chi connectivity index (χ4v) is 3.68. The third-order valence-corrected chi connectivity index (χ3v) is 5.23. The molecule has 1 aliphatic heterocycles. The third kappa shape index (κ3) is 3.76. The molecule has 0 unspecified atom stereocenters. The van der Waals surface area contributed by atoms with E-state index in [0.29, 0.717) is 11.3 Å². The van der Waals surface area contributed by atoms with Crippen LogP contribution < -0.4 is 10.2 Å². The monoisotopic (exact) mass is 378 g/mol. The molecule has 6 heteroatoms. The molecule has 5 nitrogen and oxygen atoms in total. The van der Waals surface area contributed by atoms with E-state index in [2.05, 4.69) is 10.3 Å². The molecular formula is C22H23FN4O. The van der Waals surface area contributed by atoms with Crippen molar-refractivity contribution in [1.29, 1.82) is 0 Å². The van der Waals surface area contributed by atoms with Crippen molar-refractivity contribution in [2.45, 2.75) is 18.9 Å². The normalized spacial score (nSPS) is 14.9. The SMILES string of the molecule is Cn1ccnc1-c1cccc(C(=O)NC2CCN(c3ccccc3F)CC2)c1. The zero-order valence-corrected chi connectivity index (χ0v) is 15.8. The topological polar surface area (TPSA) is 50.2 Å². The zero-order valence-electron chi connectivity index (χ0n) is 15.8. The fourth-order valence-electron chi connectivity index (χ4n) is 3.68. The Morgan fingerprint density at radius 3 is 2.64 bits per heavy atom. The highest BCUT2D eigenvalue weighted by molar-refractivity contribution is 5.95. The van der Waals surface area contributed by atoms with Crippen LogP contribution in [0.5, 0.6) is 0 Å². The number of imidazole rings is 1. The van der Waals surface area contributed by atoms with Gasteiger partial charge in [0, 0.05) is 49.7 Å². The van der Waals surface area contributed by atoms with Crippen LogP contribution in [-0.2, 0) is 7.05 Å². The summed E-state index contributed by atoms with van der Waals surface area (Å²) in [4.78, 5) is 19.1. The summed E-state index contributed by atoms with van der Waals surface area (Å²) in [5.41, 5.74) is 2.17. The van der Waals surface area contributed by atoms with Crippen molar-refractivity contribution < 1.29 is 9.18 Å². The number of nitrogens with one attached hydrogen (secondary N) is 1. The summed E-state index contributed by atoms with van der Waals surface area (Å²) in [7, 11) is 1.93. The second-order valence-electron chi connectivity index (χ2n) is 7.13. The second kappa shape index (κ2) is 7.84. The van der Waals surface area contributed by atoms with Crippen molar-refractivity contribution in [1.82, 2.24) is 14.9 Å². The highest BCUT2D eigenvalue weighted by atomic mass is 19.1. The molecule has 0 saturated carbocycles. The molecule has 4 rings (SSSR count). The van der Waals surface area contributed by atoms with Crippen LogP contribution in [0.3, 0.4) is 0 Å². The van der Waals surface area contributed by atoms with Gasteiger partial charge in [0.25, 0.3) is 5.91 Å². The summed E-state index contributed by atoms with van der Waals surface area (Å²) in [5, 5.41) is 3.12. The van der Waals surface area contributed by atoms with Crippen LogP contribution in [0.25, 0.3) is 11.4 Å². The van der Waals surface area contributed by atoms with E-state index in [-0.39, 0.29) is 17.8 Å². The van der Waals surface area contributed by atoms with Gasteiger partial charge in [-0.3, -0.25) is 4.79 Å². The largest absolute Gasteiger partial charge is 0.369 e. The van der Waals surface area contributed by atoms with Crippen molar-refractivity contribution >= 4 is 11.6 Å². The van der Waals surface area contributed by atoms with Gasteiger partial charge in [-0.05, 0) is 37.1 Å². The van der Waals surface area contributed by atoms with E-state index in [1.54, 1.807) is 18.3 Å². The van der Waals surface area contributed by atoms with E-state index >= 15 is 0 Å². The highest BCUT2D eigenvalue weighted by Crippen LogP contribution is 2.23. The lowest BCUT2D eigenvalue weighted by atomic mass is 10.0. The molecule has 1 aliphatic rings. The predicted octanol–water partition coefficient (Wildman–Crippen LogP) is 3.63. The standard InChI is InChI=1S/C22H23FN4O/c1-26-14-11-24-21(26)16-5-4-6-17(15-16)22(28)25-18-9-12-27(13-10-18)20-8-3-2-7-19(20)23/h2-8,11,14-15,18H,9-10,12-13H2,1H3,(H,25,28). The van der Waals surface area contributed by atoms with Crippen LogP contribution >= 0.6 is 0 Å². The number of hydrogen-bond acceptors (Lipinski definition) is 3. The number of halogens is 1. The molecule has 28 heavy (non-hydrogen) atoms. The van der Waals surface area contributed by atoms with Gasteiger partial charge in [-0.2, -0.15) is 0 Å². The van der Waals surface area contributed by atoms with Gasteiger partial charge in [0.05, 0.1) is 5.69 Å². The Balaban J connectivity index is 1.39. The number of nitrogens with zero attached hydrogens (tertiary/aromatic N) is 3. The number of aryl methyl sites for hydroxylation is 1. The number of piperidine rings is 1. The minimum absolute atomic E-state index is 0.0830. The molecule has 2 heterocycles. The van der Waals surface area contributed by atoms with Gasteiger partial charge in [-0.25, -0.2) is 9.37 Å². The summed E-state index contributed by atoms with van der Waals surface area (Å²) < 4.78 is 15.9. The molecule has 0 radical (unpaired) electrons. The van der Waals surface area contributed by atoms with Crippen LogP contribution in [0.4, 0.5) is 10.1 Å². The maximum atomic E-state index is 14.0. The molecule has 144 valence electrons. The summed E-state index contributed by atoms with van der Waals surface area (Å²) >= 11 is 0. The molecule has 0 aliphatic carbocycles. The molecule has 0 atom stereocenters. The Hall–Kier alpha value is -3.15. The summed E-state index contributed by atoms with van der Waals surface area (Å²) in [6.07, 6.45) is 5.20. The van der Waals surface area contributed by atoms with Crippen molar-refractivity contribution in [3.63, 3.8) is 0 Å². The van der Waals surface area contributed by atoms with Crippen LogP contribution in [0.15, 0.2) is 60.9 Å². The number of hydrogen-bond donors (Lipinski definition) is 1. The molecule has 2 aromatic carbocycles. The molecule has 1 aromatic heterocycles. The molecular weight excluding hydrogens is 355 g/mol. The van der Waals surface area contributed by atoms with E-state index in [0.717, 1.165) is 37.3 Å². The third-order valence-electron chi connectivity index (χ3n) is 5.23. The van der Waals surface area contributed by atoms with E-state index < -0.39 is 0 Å². The molecule has 0 bridgehead atoms. The van der Waals surface area contributed by atoms with Crippen molar-refractivity contribution in [2.75, 3.05) is 18.0 Å². The number of carbonyl (C=O) groups excluding carboxylic acids is 1. The van der Waals surface area contributed by atoms with E-state index in [9.17, 15) is 9.18 Å². The van der Waals surface area contributed by atoms with Gasteiger partial charge >= 0.3 is 0 Å². The van der Waals surface area contributed by atoms with Gasteiger partial charge < -0.3 is 14.8 Å². The van der Waals surface area contributed by atoms with Gasteiger partial charge in [-0.1, -0.05) is 24.3 Å². The first-order valence-electron chi connectivity index (χ1n) is 9.50. The average Bonchev–Trinajstić information content (AvgIpc) is 3.15. The Morgan fingerprint density at radius 2 is 1.93 bits per heavy atom. The number of carbonyl (C=O) groups is 1. The van der Waals surface area contributed by atoms with Crippen LogP contribution in [0, 0.1) is 5.82 Å². The fraction of sp³-hybridized carbons (Fsp3) is 0.273. The smallest absolute Gasteiger partial charge is 0.251 e. The first-order valence-corrected chi connectivity index (χ1v) is 9.50. The number of para-hydroxylation sites is 1. The minimum Gasteiger partial charge on any atom is -0.369 e. The van der Waals surface area contributed by atoms with Crippen molar-refractivity contribution in [2.24, 2.45) is 7.05 Å². The van der Waals surface area contributed by atoms with Crippen LogP contribution in [0.2, 0.25) is 0 Å². The number of benzene rings is 2. The lowest BCUT2D eigenvalue weighted by molar-refractivity contribution is 0.0931. The predicted molar refractivity (Wildman–Crippen MR) is 108 cm³/mol. The number of amides is 1. The van der Waals surface area contributed by atoms with Gasteiger partial charge in [0.2, 0.25) is 0 Å². The Morgan fingerprint density at radius 1 is 1.14 bits per heavy atom. The Bertz CT molecular complexity index is 976. The van der Waals surface area contributed by atoms with Gasteiger partial charge in [0.1, 0.15) is 11.6 Å². The zero-order chi connectivity index (χ0) is 19.5. The van der Waals surface area contributed by atoms with Crippen molar-refractivity contribution in [3.05, 3.63) is 72.3 Å². The average molecular weight is 378 g/mol. The minimum atomic E-state index is -0.198. The lowest BCUT2D eigenvalue weighted by Crippen LogP contribution is -2.45. The molecule has 0 spiro atoms. The van der Waals surface area contributed by atoms with E-state index in [1.807, 2.05) is 53.0 Å². The quantitative estimate of drug-likeness (QED) is 0.754. The molecule has 1 saturated heterocycles. The summed E-state index contributed by atoms with van der Waals surface area (Å²) in [5.74, 6) is 0.546. The Labute approximate surface area is 163 Å². The van der Waals surface area contributed by atoms with Gasteiger partial charge in [0.15, 0.2) is 0 Å². The maximum Gasteiger partial charge on any atom is 0.251 e. The second-order valence-corrected chi connectivity index (χ2v) is 7.13. The summed E-state index contributed by atoms with van der Waals surface area (Å²) in [6.45, 7) is 1.44. The van der Waals surface area contributed by atoms with Crippen molar-refractivity contribution in [3.8, 4) is 11.4 Å². The molecule has 1 fully saturated rings. The maximum absolute atomic E-state index is 14.0.